The number of carbonyl (C=O) groups is 2. The smallest absolute Gasteiger partial charge is 0.335 e. The van der Waals surface area contributed by atoms with Crippen LogP contribution in [0.3, 0.4) is 0 Å². The number of carboxylic acids is 1. The van der Waals surface area contributed by atoms with Crippen LogP contribution in [0.1, 0.15) is 26.3 Å². The van der Waals surface area contributed by atoms with Gasteiger partial charge in [-0.05, 0) is 65.4 Å². The zero-order chi connectivity index (χ0) is 15.6. The Morgan fingerprint density at radius 1 is 1.14 bits per heavy atom. The summed E-state index contributed by atoms with van der Waals surface area (Å²) in [5.41, 5.74) is 1.79. The normalized spacial score (nSPS) is 10.2. The second-order valence-corrected chi connectivity index (χ2v) is 5.99. The summed E-state index contributed by atoms with van der Waals surface area (Å²) < 4.78 is 0.856. The summed E-state index contributed by atoms with van der Waals surface area (Å²) in [5, 5.41) is 12.2. The van der Waals surface area contributed by atoms with E-state index in [0.29, 0.717) is 16.3 Å². The van der Waals surface area contributed by atoms with E-state index in [-0.39, 0.29) is 11.5 Å². The lowest BCUT2D eigenvalue weighted by molar-refractivity contribution is 0.0696. The summed E-state index contributed by atoms with van der Waals surface area (Å²) in [6, 6.07) is 9.58. The quantitative estimate of drug-likeness (QED) is 0.738. The number of aromatic carboxylic acids is 1. The molecule has 0 atom stereocenters. The lowest BCUT2D eigenvalue weighted by Crippen LogP contribution is -2.13. The lowest BCUT2D eigenvalue weighted by atomic mass is 10.1. The topological polar surface area (TPSA) is 66.4 Å². The molecule has 0 aliphatic heterocycles. The molecule has 21 heavy (non-hydrogen) atoms. The summed E-state index contributed by atoms with van der Waals surface area (Å²) in [6.45, 7) is 1.79. The fraction of sp³-hybridized carbons (Fsp3) is 0.0667. The maximum atomic E-state index is 12.2. The van der Waals surface area contributed by atoms with Gasteiger partial charge in [0.1, 0.15) is 0 Å². The van der Waals surface area contributed by atoms with Gasteiger partial charge in [0.2, 0.25) is 0 Å². The first-order valence-corrected chi connectivity index (χ1v) is 7.44. The molecular weight excluding hydrogens is 405 g/mol. The number of hydrogen-bond donors (Lipinski definition) is 2. The van der Waals surface area contributed by atoms with Crippen molar-refractivity contribution < 1.29 is 14.7 Å². The number of carboxylic acid groups (broad SMARTS) is 1. The van der Waals surface area contributed by atoms with E-state index >= 15 is 0 Å². The van der Waals surface area contributed by atoms with Gasteiger partial charge in [-0.15, -0.1) is 0 Å². The van der Waals surface area contributed by atoms with Crippen molar-refractivity contribution in [2.24, 2.45) is 0 Å². The number of anilines is 1. The first-order valence-electron chi connectivity index (χ1n) is 5.99. The number of halogens is 2. The first-order chi connectivity index (χ1) is 9.88. The van der Waals surface area contributed by atoms with E-state index in [1.165, 1.54) is 12.1 Å². The van der Waals surface area contributed by atoms with Crippen molar-refractivity contribution in [3.05, 3.63) is 61.7 Å². The second kappa shape index (κ2) is 6.44. The molecule has 0 heterocycles. The van der Waals surface area contributed by atoms with Gasteiger partial charge < -0.3 is 10.4 Å². The lowest BCUT2D eigenvalue weighted by Gasteiger charge is -2.10. The van der Waals surface area contributed by atoms with Gasteiger partial charge in [-0.3, -0.25) is 4.79 Å². The number of rotatable bonds is 3. The zero-order valence-corrected chi connectivity index (χ0v) is 13.9. The Labute approximate surface area is 140 Å². The molecule has 0 aliphatic carbocycles. The van der Waals surface area contributed by atoms with E-state index < -0.39 is 5.97 Å². The van der Waals surface area contributed by atoms with Crippen LogP contribution in [-0.4, -0.2) is 17.0 Å². The van der Waals surface area contributed by atoms with Crippen molar-refractivity contribution in [2.45, 2.75) is 6.92 Å². The molecule has 0 aromatic heterocycles. The number of benzene rings is 2. The fourth-order valence-corrected chi connectivity index (χ4v) is 2.24. The van der Waals surface area contributed by atoms with E-state index in [1.807, 2.05) is 0 Å². The molecule has 0 aliphatic rings. The third-order valence-electron chi connectivity index (χ3n) is 2.91. The predicted molar refractivity (Wildman–Crippen MR) is 90.3 cm³/mol. The standard InChI is InChI=1S/C15H11ClINO3/c1-8-2-3-10(15(20)21)7-13(8)18-14(19)9-4-5-12(17)11(16)6-9/h2-7H,1H3,(H,18,19)(H,20,21). The maximum absolute atomic E-state index is 12.2. The minimum absolute atomic E-state index is 0.122. The van der Waals surface area contributed by atoms with Crippen LogP contribution in [0, 0.1) is 10.5 Å². The third-order valence-corrected chi connectivity index (χ3v) is 4.49. The molecule has 0 bridgehead atoms. The summed E-state index contributed by atoms with van der Waals surface area (Å²) in [6.07, 6.45) is 0. The van der Waals surface area contributed by atoms with Crippen molar-refractivity contribution in [1.29, 1.82) is 0 Å². The van der Waals surface area contributed by atoms with Crippen LogP contribution in [0.25, 0.3) is 0 Å². The molecule has 2 aromatic carbocycles. The van der Waals surface area contributed by atoms with Crippen LogP contribution in [0.5, 0.6) is 0 Å². The van der Waals surface area contributed by atoms with Crippen molar-refractivity contribution in [1.82, 2.24) is 0 Å². The van der Waals surface area contributed by atoms with E-state index in [2.05, 4.69) is 27.9 Å². The summed E-state index contributed by atoms with van der Waals surface area (Å²) >= 11 is 8.07. The third kappa shape index (κ3) is 3.74. The van der Waals surface area contributed by atoms with E-state index in [0.717, 1.165) is 9.13 Å². The van der Waals surface area contributed by atoms with Crippen LogP contribution >= 0.6 is 34.2 Å². The average molecular weight is 416 g/mol. The number of hydrogen-bond acceptors (Lipinski definition) is 2. The second-order valence-electron chi connectivity index (χ2n) is 4.42. The van der Waals surface area contributed by atoms with Gasteiger partial charge in [-0.2, -0.15) is 0 Å². The Morgan fingerprint density at radius 2 is 1.81 bits per heavy atom. The monoisotopic (exact) mass is 415 g/mol. The summed E-state index contributed by atoms with van der Waals surface area (Å²) in [5.74, 6) is -1.37. The van der Waals surface area contributed by atoms with Gasteiger partial charge in [-0.1, -0.05) is 17.7 Å². The molecular formula is C15H11ClINO3. The number of carbonyl (C=O) groups excluding carboxylic acids is 1. The highest BCUT2D eigenvalue weighted by Gasteiger charge is 2.11. The first kappa shape index (κ1) is 15.8. The van der Waals surface area contributed by atoms with Gasteiger partial charge in [0, 0.05) is 14.8 Å². The highest BCUT2D eigenvalue weighted by Crippen LogP contribution is 2.22. The van der Waals surface area contributed by atoms with Gasteiger partial charge in [-0.25, -0.2) is 4.79 Å². The van der Waals surface area contributed by atoms with Gasteiger partial charge in [0.15, 0.2) is 0 Å². The Balaban J connectivity index is 2.28. The van der Waals surface area contributed by atoms with Crippen LogP contribution < -0.4 is 5.32 Å². The molecule has 0 radical (unpaired) electrons. The maximum Gasteiger partial charge on any atom is 0.335 e. The Morgan fingerprint density at radius 3 is 2.43 bits per heavy atom. The molecule has 0 saturated heterocycles. The SMILES string of the molecule is Cc1ccc(C(=O)O)cc1NC(=O)c1ccc(I)c(Cl)c1. The van der Waals surface area contributed by atoms with E-state index in [1.54, 1.807) is 31.2 Å². The fourth-order valence-electron chi connectivity index (χ4n) is 1.72. The van der Waals surface area contributed by atoms with Crippen molar-refractivity contribution in [2.75, 3.05) is 5.32 Å². The van der Waals surface area contributed by atoms with E-state index in [4.69, 9.17) is 16.7 Å². The molecule has 4 nitrogen and oxygen atoms in total. The van der Waals surface area contributed by atoms with Crippen molar-refractivity contribution in [3.8, 4) is 0 Å². The van der Waals surface area contributed by atoms with E-state index in [9.17, 15) is 9.59 Å². The average Bonchev–Trinajstić information content (AvgIpc) is 2.43. The molecule has 0 spiro atoms. The number of amides is 1. The van der Waals surface area contributed by atoms with Crippen LogP contribution in [0.15, 0.2) is 36.4 Å². The number of nitrogens with one attached hydrogen (secondary N) is 1. The Kier molecular flexibility index (Phi) is 4.84. The highest BCUT2D eigenvalue weighted by molar-refractivity contribution is 14.1. The van der Waals surface area contributed by atoms with Gasteiger partial charge >= 0.3 is 5.97 Å². The van der Waals surface area contributed by atoms with Crippen molar-refractivity contribution in [3.63, 3.8) is 0 Å². The molecule has 0 fully saturated rings. The predicted octanol–water partition coefficient (Wildman–Crippen LogP) is 4.20. The Bertz CT molecular complexity index is 731. The summed E-state index contributed by atoms with van der Waals surface area (Å²) in [7, 11) is 0. The highest BCUT2D eigenvalue weighted by atomic mass is 127. The molecule has 2 rings (SSSR count). The Hall–Kier alpha value is -1.60. The van der Waals surface area contributed by atoms with Crippen LogP contribution in [-0.2, 0) is 0 Å². The van der Waals surface area contributed by atoms with Gasteiger partial charge in [0.05, 0.1) is 10.6 Å². The molecule has 6 heteroatoms. The molecule has 108 valence electrons. The minimum atomic E-state index is -1.04. The van der Waals surface area contributed by atoms with Crippen LogP contribution in [0.4, 0.5) is 5.69 Å². The molecule has 2 N–H and O–H groups in total. The largest absolute Gasteiger partial charge is 0.478 e. The van der Waals surface area contributed by atoms with Crippen LogP contribution in [0.2, 0.25) is 5.02 Å². The molecule has 1 amide bonds. The minimum Gasteiger partial charge on any atom is -0.478 e. The van der Waals surface area contributed by atoms with Gasteiger partial charge in [0.25, 0.3) is 5.91 Å². The molecule has 0 unspecified atom stereocenters. The number of aryl methyl sites for hydroxylation is 1. The molecule has 0 saturated carbocycles. The molecule has 2 aromatic rings. The van der Waals surface area contributed by atoms with Crippen molar-refractivity contribution >= 4 is 51.8 Å². The summed E-state index contributed by atoms with van der Waals surface area (Å²) in [4.78, 5) is 23.2. The zero-order valence-electron chi connectivity index (χ0n) is 11.0.